The number of halogens is 3. The van der Waals surface area contributed by atoms with Crippen LogP contribution in [0.25, 0.3) is 16.7 Å². The van der Waals surface area contributed by atoms with E-state index >= 15 is 0 Å². The lowest BCUT2D eigenvalue weighted by molar-refractivity contribution is -0.116. The van der Waals surface area contributed by atoms with Gasteiger partial charge >= 0.3 is 0 Å². The quantitative estimate of drug-likeness (QED) is 0.400. The highest BCUT2D eigenvalue weighted by atomic mass is 19.2. The van der Waals surface area contributed by atoms with Gasteiger partial charge in [-0.15, -0.1) is 10.2 Å². The summed E-state index contributed by atoms with van der Waals surface area (Å²) in [6.45, 7) is 0.155. The van der Waals surface area contributed by atoms with Gasteiger partial charge in [0.1, 0.15) is 11.6 Å². The summed E-state index contributed by atoms with van der Waals surface area (Å²) in [5, 5.41) is 11.4. The van der Waals surface area contributed by atoms with Gasteiger partial charge in [0.15, 0.2) is 11.6 Å². The predicted octanol–water partition coefficient (Wildman–Crippen LogP) is 4.08. The van der Waals surface area contributed by atoms with Crippen molar-refractivity contribution in [3.05, 3.63) is 106 Å². The fraction of sp³-hybridized carbons (Fsp3) is 0.120. The largest absolute Gasteiger partial charge is 0.326 e. The topological polar surface area (TPSA) is 81.3 Å². The Balaban J connectivity index is 1.48. The van der Waals surface area contributed by atoms with Crippen molar-refractivity contribution in [2.24, 2.45) is 0 Å². The molecule has 0 fully saturated rings. The summed E-state index contributed by atoms with van der Waals surface area (Å²) in [4.78, 5) is 25.7. The third kappa shape index (κ3) is 4.37. The lowest BCUT2D eigenvalue weighted by Crippen LogP contribution is -2.24. The molecule has 0 saturated heterocycles. The number of hydrogen-bond acceptors (Lipinski definition) is 4. The van der Waals surface area contributed by atoms with Crippen molar-refractivity contribution >= 4 is 28.3 Å². The molecule has 5 rings (SSSR count). The molecule has 35 heavy (non-hydrogen) atoms. The van der Waals surface area contributed by atoms with E-state index in [0.29, 0.717) is 22.3 Å². The summed E-state index contributed by atoms with van der Waals surface area (Å²) in [6, 6.07) is 15.9. The van der Waals surface area contributed by atoms with Gasteiger partial charge in [0.2, 0.25) is 11.7 Å². The van der Waals surface area contributed by atoms with Gasteiger partial charge in [-0.05, 0) is 42.0 Å². The predicted molar refractivity (Wildman–Crippen MR) is 124 cm³/mol. The number of aromatic nitrogens is 4. The van der Waals surface area contributed by atoms with Crippen LogP contribution in [-0.2, 0) is 17.8 Å². The van der Waals surface area contributed by atoms with Crippen LogP contribution in [0.2, 0.25) is 0 Å². The number of para-hydroxylation sites is 1. The van der Waals surface area contributed by atoms with E-state index in [-0.39, 0.29) is 42.2 Å². The number of rotatable bonds is 6. The lowest BCUT2D eigenvalue weighted by atomic mass is 10.2. The number of hydrogen-bond donors (Lipinski definition) is 1. The van der Waals surface area contributed by atoms with Crippen molar-refractivity contribution in [3.63, 3.8) is 0 Å². The van der Waals surface area contributed by atoms with Gasteiger partial charge in [-0.2, -0.15) is 0 Å². The molecule has 1 amide bonds. The van der Waals surface area contributed by atoms with Crippen molar-refractivity contribution in [2.45, 2.75) is 19.4 Å². The third-order valence-electron chi connectivity index (χ3n) is 5.61. The number of carbonyl (C=O) groups excluding carboxylic acids is 1. The number of carbonyl (C=O) groups is 1. The normalized spacial score (nSPS) is 11.3. The first-order chi connectivity index (χ1) is 16.9. The van der Waals surface area contributed by atoms with Crippen molar-refractivity contribution in [1.82, 2.24) is 19.2 Å². The molecule has 0 saturated carbocycles. The summed E-state index contributed by atoms with van der Waals surface area (Å²) < 4.78 is 43.0. The van der Waals surface area contributed by atoms with E-state index in [4.69, 9.17) is 0 Å². The van der Waals surface area contributed by atoms with Crippen LogP contribution in [0.15, 0.2) is 71.5 Å². The van der Waals surface area contributed by atoms with E-state index in [1.54, 1.807) is 40.8 Å². The van der Waals surface area contributed by atoms with Crippen LogP contribution in [0.5, 0.6) is 0 Å². The molecule has 2 aromatic heterocycles. The van der Waals surface area contributed by atoms with Crippen LogP contribution in [0, 0.1) is 17.5 Å². The monoisotopic (exact) mass is 477 g/mol. The second-order valence-corrected chi connectivity index (χ2v) is 7.96. The van der Waals surface area contributed by atoms with Crippen LogP contribution in [-0.4, -0.2) is 25.1 Å². The van der Waals surface area contributed by atoms with Crippen LogP contribution in [0.4, 0.5) is 18.9 Å². The number of fused-ring (bicyclic) bond motifs is 3. The molecule has 3 aromatic carbocycles. The highest BCUT2D eigenvalue weighted by Gasteiger charge is 2.17. The van der Waals surface area contributed by atoms with Gasteiger partial charge in [0.05, 0.1) is 17.4 Å². The van der Waals surface area contributed by atoms with Crippen LogP contribution in [0.3, 0.4) is 0 Å². The van der Waals surface area contributed by atoms with E-state index in [9.17, 15) is 22.8 Å². The van der Waals surface area contributed by atoms with Crippen LogP contribution in [0.1, 0.15) is 17.8 Å². The molecule has 0 radical (unpaired) electrons. The molecule has 0 aliphatic rings. The first-order valence-corrected chi connectivity index (χ1v) is 10.8. The van der Waals surface area contributed by atoms with Gasteiger partial charge in [-0.3, -0.25) is 18.6 Å². The van der Waals surface area contributed by atoms with Crippen molar-refractivity contribution in [3.8, 4) is 0 Å². The molecular weight excluding hydrogens is 459 g/mol. The summed E-state index contributed by atoms with van der Waals surface area (Å²) in [5.41, 5.74) is 1.16. The highest BCUT2D eigenvalue weighted by molar-refractivity contribution is 5.90. The molecule has 10 heteroatoms. The highest BCUT2D eigenvalue weighted by Crippen LogP contribution is 2.18. The molecule has 176 valence electrons. The maximum Gasteiger partial charge on any atom is 0.263 e. The minimum atomic E-state index is -1.06. The fourth-order valence-corrected chi connectivity index (χ4v) is 3.91. The van der Waals surface area contributed by atoms with E-state index < -0.39 is 17.5 Å². The zero-order chi connectivity index (χ0) is 24.5. The zero-order valence-electron chi connectivity index (χ0n) is 18.2. The Morgan fingerprint density at radius 1 is 0.914 bits per heavy atom. The number of nitrogens with zero attached hydrogens (tertiary/aromatic N) is 4. The smallest absolute Gasteiger partial charge is 0.263 e. The van der Waals surface area contributed by atoms with Gasteiger partial charge in [-0.25, -0.2) is 13.2 Å². The minimum absolute atomic E-state index is 0.00873. The van der Waals surface area contributed by atoms with E-state index in [1.807, 2.05) is 0 Å². The molecule has 0 spiro atoms. The molecule has 7 nitrogen and oxygen atoms in total. The van der Waals surface area contributed by atoms with E-state index in [2.05, 4.69) is 15.5 Å². The Kier molecular flexibility index (Phi) is 5.77. The summed E-state index contributed by atoms with van der Waals surface area (Å²) in [6.07, 6.45) is 0.167. The molecule has 5 aromatic rings. The maximum atomic E-state index is 13.4. The molecule has 0 bridgehead atoms. The van der Waals surface area contributed by atoms with Crippen LogP contribution < -0.4 is 10.9 Å². The van der Waals surface area contributed by atoms with Crippen molar-refractivity contribution < 1.29 is 18.0 Å². The number of nitrogens with one attached hydrogen (secondary N) is 1. The maximum absolute atomic E-state index is 13.4. The molecule has 2 heterocycles. The lowest BCUT2D eigenvalue weighted by Gasteiger charge is -2.12. The van der Waals surface area contributed by atoms with Gasteiger partial charge in [-0.1, -0.05) is 24.3 Å². The van der Waals surface area contributed by atoms with Crippen molar-refractivity contribution in [2.75, 3.05) is 5.32 Å². The van der Waals surface area contributed by atoms with Crippen molar-refractivity contribution in [1.29, 1.82) is 0 Å². The van der Waals surface area contributed by atoms with E-state index in [0.717, 1.165) is 12.1 Å². The fourth-order valence-electron chi connectivity index (χ4n) is 3.91. The third-order valence-corrected chi connectivity index (χ3v) is 5.61. The first-order valence-electron chi connectivity index (χ1n) is 10.8. The molecule has 0 aliphatic heterocycles. The van der Waals surface area contributed by atoms with Gasteiger partial charge < -0.3 is 5.32 Å². The zero-order valence-corrected chi connectivity index (χ0v) is 18.2. The van der Waals surface area contributed by atoms with E-state index in [1.165, 1.54) is 22.8 Å². The molecule has 0 aliphatic carbocycles. The Morgan fingerprint density at radius 2 is 1.69 bits per heavy atom. The average Bonchev–Trinajstić information content (AvgIpc) is 3.28. The SMILES string of the molecule is O=C(CCc1nnc2n(Cc3ccc(F)cc3)c(=O)c3ccccc3n12)Nc1ccc(F)c(F)c1. The number of benzene rings is 3. The molecular formula is C25H18F3N5O2. The number of aryl methyl sites for hydroxylation is 1. The Labute approximate surface area is 196 Å². The Morgan fingerprint density at radius 3 is 2.46 bits per heavy atom. The molecule has 1 N–H and O–H groups in total. The van der Waals surface area contributed by atoms with Gasteiger partial charge in [0, 0.05) is 24.6 Å². The second-order valence-electron chi connectivity index (χ2n) is 7.96. The summed E-state index contributed by atoms with van der Waals surface area (Å²) >= 11 is 0. The first kappa shape index (κ1) is 22.3. The van der Waals surface area contributed by atoms with Gasteiger partial charge in [0.25, 0.3) is 5.56 Å². The summed E-state index contributed by atoms with van der Waals surface area (Å²) in [5.74, 6) is -2.13. The second kappa shape index (κ2) is 9.05. The number of amides is 1. The average molecular weight is 477 g/mol. The Hall–Kier alpha value is -4.47. The molecule has 0 atom stereocenters. The van der Waals surface area contributed by atoms with Crippen LogP contribution >= 0.6 is 0 Å². The Bertz CT molecular complexity index is 1630. The summed E-state index contributed by atoms with van der Waals surface area (Å²) in [7, 11) is 0. The standard InChI is InChI=1S/C25H18F3N5O2/c26-16-7-5-15(6-8-16)14-32-24(35)18-3-1-2-4-21(18)33-22(30-31-25(32)33)11-12-23(34)29-17-9-10-19(27)20(28)13-17/h1-10,13H,11-12,14H2,(H,29,34). The number of anilines is 1. The molecule has 0 unspecified atom stereocenters. The minimum Gasteiger partial charge on any atom is -0.326 e.